The van der Waals surface area contributed by atoms with Crippen LogP contribution in [-0.2, 0) is 14.3 Å². The minimum Gasteiger partial charge on any atom is -0.496 e. The lowest BCUT2D eigenvalue weighted by atomic mass is 9.86. The zero-order chi connectivity index (χ0) is 31.9. The van der Waals surface area contributed by atoms with E-state index in [0.717, 1.165) is 11.1 Å². The highest BCUT2D eigenvalue weighted by atomic mass is 16.5. The summed E-state index contributed by atoms with van der Waals surface area (Å²) in [6, 6.07) is 21.5. The fourth-order valence-electron chi connectivity index (χ4n) is 5.57. The fraction of sp³-hybridized carbons (Fsp3) is 0.353. The van der Waals surface area contributed by atoms with E-state index in [4.69, 9.17) is 9.47 Å². The molecule has 44 heavy (non-hydrogen) atoms. The lowest BCUT2D eigenvalue weighted by molar-refractivity contribution is -0.139. The first-order valence-corrected chi connectivity index (χ1v) is 14.5. The number of methoxy groups -OCH3 is 2. The minimum atomic E-state index is -0.968. The Hall–Kier alpha value is -4.86. The van der Waals surface area contributed by atoms with Crippen LogP contribution < -0.4 is 20.7 Å². The average Bonchev–Trinajstić information content (AvgIpc) is 3.12. The molecule has 0 radical (unpaired) electrons. The Balaban J connectivity index is 1.71. The Morgan fingerprint density at radius 2 is 1.61 bits per heavy atom. The first-order valence-electron chi connectivity index (χ1n) is 14.5. The monoisotopic (exact) mass is 600 g/mol. The van der Waals surface area contributed by atoms with Crippen LogP contribution in [0.1, 0.15) is 67.1 Å². The van der Waals surface area contributed by atoms with E-state index in [1.807, 2.05) is 75.4 Å². The van der Waals surface area contributed by atoms with Crippen molar-refractivity contribution in [1.29, 1.82) is 0 Å². The number of benzene rings is 3. The molecule has 1 aliphatic heterocycles. The quantitative estimate of drug-likeness (QED) is 0.311. The molecule has 1 fully saturated rings. The summed E-state index contributed by atoms with van der Waals surface area (Å²) in [7, 11) is 2.88. The number of hydrogen-bond donors (Lipinski definition) is 3. The summed E-state index contributed by atoms with van der Waals surface area (Å²) < 4.78 is 10.5. The summed E-state index contributed by atoms with van der Waals surface area (Å²) in [6.07, 6.45) is 0.773. The molecule has 3 unspecified atom stereocenters. The standard InChI is InChI=1S/C34H40N4O6/c1-34(2,3)37-30(39)21-38-28(22-12-7-6-8-13-22)20-24(26-16-9-10-17-29(26)43-4)19-27(31(38)40)36-33(42)35-25-15-11-14-23(18-25)32(41)44-5/h6-18,24,27-28H,19-21H2,1-5H3,(H,37,39)(H2,35,36,42). The molecular weight excluding hydrogens is 560 g/mol. The van der Waals surface area contributed by atoms with Gasteiger partial charge in [0.05, 0.1) is 25.8 Å². The summed E-state index contributed by atoms with van der Waals surface area (Å²) in [5.74, 6) is -0.740. The second-order valence-electron chi connectivity index (χ2n) is 11.8. The van der Waals surface area contributed by atoms with E-state index in [-0.39, 0.29) is 36.3 Å². The van der Waals surface area contributed by atoms with Gasteiger partial charge in [0.1, 0.15) is 18.3 Å². The molecule has 4 amide bonds. The normalized spacial score (nSPS) is 18.5. The molecule has 3 aromatic rings. The molecule has 0 aliphatic carbocycles. The van der Waals surface area contributed by atoms with Crippen LogP contribution in [0, 0.1) is 0 Å². The molecule has 0 spiro atoms. The number of hydrogen-bond acceptors (Lipinski definition) is 6. The van der Waals surface area contributed by atoms with Crippen molar-refractivity contribution in [3.05, 3.63) is 95.6 Å². The van der Waals surface area contributed by atoms with Gasteiger partial charge in [-0.2, -0.15) is 0 Å². The van der Waals surface area contributed by atoms with Crippen LogP contribution in [0.5, 0.6) is 5.75 Å². The number of nitrogens with one attached hydrogen (secondary N) is 3. The Morgan fingerprint density at radius 1 is 0.909 bits per heavy atom. The number of amides is 4. The summed E-state index contributed by atoms with van der Waals surface area (Å²) in [5.41, 5.74) is 1.92. The topological polar surface area (TPSA) is 126 Å². The molecule has 0 saturated carbocycles. The maximum absolute atomic E-state index is 14.3. The van der Waals surface area contributed by atoms with Gasteiger partial charge in [-0.25, -0.2) is 9.59 Å². The van der Waals surface area contributed by atoms with Crippen LogP contribution in [0.15, 0.2) is 78.9 Å². The van der Waals surface area contributed by atoms with E-state index in [1.54, 1.807) is 30.2 Å². The van der Waals surface area contributed by atoms with Gasteiger partial charge in [0.15, 0.2) is 0 Å². The molecule has 3 N–H and O–H groups in total. The molecule has 4 rings (SSSR count). The molecular formula is C34H40N4O6. The van der Waals surface area contributed by atoms with Crippen LogP contribution in [0.3, 0.4) is 0 Å². The first kappa shape index (κ1) is 32.1. The summed E-state index contributed by atoms with van der Waals surface area (Å²) >= 11 is 0. The van der Waals surface area contributed by atoms with Gasteiger partial charge in [-0.05, 0) is 74.9 Å². The predicted molar refractivity (Wildman–Crippen MR) is 167 cm³/mol. The number of anilines is 1. The van der Waals surface area contributed by atoms with Crippen LogP contribution in [0.25, 0.3) is 0 Å². The van der Waals surface area contributed by atoms with E-state index in [9.17, 15) is 19.2 Å². The third-order valence-corrected chi connectivity index (χ3v) is 7.42. The number of ether oxygens (including phenoxy) is 2. The van der Waals surface area contributed by atoms with Crippen molar-refractivity contribution < 1.29 is 28.7 Å². The Labute approximate surface area is 258 Å². The van der Waals surface area contributed by atoms with Crippen molar-refractivity contribution in [2.45, 2.75) is 57.2 Å². The SMILES string of the molecule is COC(=O)c1cccc(NC(=O)NC2CC(c3ccccc3OC)CC(c3ccccc3)N(CC(=O)NC(C)(C)C)C2=O)c1. The molecule has 3 atom stereocenters. The largest absolute Gasteiger partial charge is 0.496 e. The molecule has 3 aromatic carbocycles. The van der Waals surface area contributed by atoms with E-state index >= 15 is 0 Å². The zero-order valence-corrected chi connectivity index (χ0v) is 25.8. The summed E-state index contributed by atoms with van der Waals surface area (Å²) in [5, 5.41) is 8.53. The maximum atomic E-state index is 14.3. The van der Waals surface area contributed by atoms with Crippen molar-refractivity contribution in [2.24, 2.45) is 0 Å². The van der Waals surface area contributed by atoms with E-state index in [1.165, 1.54) is 13.2 Å². The highest BCUT2D eigenvalue weighted by Crippen LogP contribution is 2.41. The smallest absolute Gasteiger partial charge is 0.337 e. The van der Waals surface area contributed by atoms with Gasteiger partial charge in [0.2, 0.25) is 11.8 Å². The molecule has 1 aliphatic rings. The fourth-order valence-corrected chi connectivity index (χ4v) is 5.57. The van der Waals surface area contributed by atoms with Crippen molar-refractivity contribution in [3.63, 3.8) is 0 Å². The van der Waals surface area contributed by atoms with Crippen molar-refractivity contribution >= 4 is 29.5 Å². The molecule has 0 bridgehead atoms. The van der Waals surface area contributed by atoms with Gasteiger partial charge in [-0.1, -0.05) is 54.6 Å². The molecule has 0 aromatic heterocycles. The second-order valence-corrected chi connectivity index (χ2v) is 11.8. The molecule has 10 nitrogen and oxygen atoms in total. The van der Waals surface area contributed by atoms with Gasteiger partial charge in [-0.3, -0.25) is 9.59 Å². The van der Waals surface area contributed by atoms with E-state index in [2.05, 4.69) is 16.0 Å². The number of carbonyl (C=O) groups excluding carboxylic acids is 4. The number of para-hydroxylation sites is 1. The highest BCUT2D eigenvalue weighted by molar-refractivity contribution is 5.96. The Bertz CT molecular complexity index is 1490. The highest BCUT2D eigenvalue weighted by Gasteiger charge is 2.40. The predicted octanol–water partition coefficient (Wildman–Crippen LogP) is 5.03. The number of carbonyl (C=O) groups is 4. The summed E-state index contributed by atoms with van der Waals surface area (Å²) in [4.78, 5) is 54.4. The number of esters is 1. The van der Waals surface area contributed by atoms with E-state index < -0.39 is 29.6 Å². The molecule has 1 saturated heterocycles. The third-order valence-electron chi connectivity index (χ3n) is 7.42. The number of urea groups is 1. The zero-order valence-electron chi connectivity index (χ0n) is 25.8. The van der Waals surface area contributed by atoms with Crippen molar-refractivity contribution in [2.75, 3.05) is 26.1 Å². The average molecular weight is 601 g/mol. The van der Waals surface area contributed by atoms with Crippen LogP contribution in [0.2, 0.25) is 0 Å². The van der Waals surface area contributed by atoms with Gasteiger partial charge in [0, 0.05) is 11.2 Å². The third kappa shape index (κ3) is 8.15. The molecule has 10 heteroatoms. The van der Waals surface area contributed by atoms with Crippen molar-refractivity contribution in [3.8, 4) is 5.75 Å². The Kier molecular flexibility index (Phi) is 10.3. The van der Waals surface area contributed by atoms with Gasteiger partial charge >= 0.3 is 12.0 Å². The van der Waals surface area contributed by atoms with Gasteiger partial charge in [0.25, 0.3) is 0 Å². The second kappa shape index (κ2) is 14.1. The maximum Gasteiger partial charge on any atom is 0.337 e. The first-order chi connectivity index (χ1) is 21.0. The van der Waals surface area contributed by atoms with Gasteiger partial charge < -0.3 is 30.3 Å². The van der Waals surface area contributed by atoms with E-state index in [0.29, 0.717) is 17.9 Å². The van der Waals surface area contributed by atoms with Crippen LogP contribution in [-0.4, -0.2) is 61.1 Å². The number of rotatable bonds is 8. The lowest BCUT2D eigenvalue weighted by Crippen LogP contribution is -2.53. The molecule has 1 heterocycles. The van der Waals surface area contributed by atoms with Crippen molar-refractivity contribution in [1.82, 2.24) is 15.5 Å². The molecule has 232 valence electrons. The van der Waals surface area contributed by atoms with Crippen LogP contribution in [0.4, 0.5) is 10.5 Å². The Morgan fingerprint density at radius 3 is 2.30 bits per heavy atom. The van der Waals surface area contributed by atoms with Gasteiger partial charge in [-0.15, -0.1) is 0 Å². The summed E-state index contributed by atoms with van der Waals surface area (Å²) in [6.45, 7) is 5.46. The lowest BCUT2D eigenvalue weighted by Gasteiger charge is -2.33. The van der Waals surface area contributed by atoms with Crippen LogP contribution >= 0.6 is 0 Å². The number of likely N-dealkylation sites (tertiary alicyclic amines) is 1. The number of nitrogens with zero attached hydrogens (tertiary/aromatic N) is 1. The minimum absolute atomic E-state index is 0.185.